The van der Waals surface area contributed by atoms with E-state index in [1.165, 1.54) is 5.57 Å². The second-order valence-electron chi connectivity index (χ2n) is 6.23. The highest BCUT2D eigenvalue weighted by atomic mass is 35.5. The fourth-order valence-electron chi connectivity index (χ4n) is 3.31. The molecule has 3 rings (SSSR count). The second kappa shape index (κ2) is 6.84. The SMILES string of the molecule is O=C(c1ccc(Cl)cc1)N(C1CCC(=CCO)CC1)C1CC1. The van der Waals surface area contributed by atoms with E-state index < -0.39 is 0 Å². The van der Waals surface area contributed by atoms with Gasteiger partial charge < -0.3 is 10.0 Å². The molecule has 1 N–H and O–H groups in total. The van der Waals surface area contributed by atoms with E-state index in [-0.39, 0.29) is 12.5 Å². The minimum Gasteiger partial charge on any atom is -0.392 e. The molecule has 0 atom stereocenters. The standard InChI is InChI=1S/C18H22ClNO2/c19-15-5-3-14(4-6-15)18(22)20(17-9-10-17)16-7-1-13(2-8-16)11-12-21/h3-6,11,16-17,21H,1-2,7-10,12H2. The Kier molecular flexibility index (Phi) is 4.84. The van der Waals surface area contributed by atoms with Gasteiger partial charge in [0.25, 0.3) is 5.91 Å². The highest BCUT2D eigenvalue weighted by Gasteiger charge is 2.38. The third kappa shape index (κ3) is 3.53. The first-order valence-electron chi connectivity index (χ1n) is 8.06. The first kappa shape index (κ1) is 15.6. The zero-order chi connectivity index (χ0) is 15.5. The molecule has 0 aromatic heterocycles. The van der Waals surface area contributed by atoms with Crippen molar-refractivity contribution in [2.75, 3.05) is 6.61 Å². The maximum atomic E-state index is 12.9. The van der Waals surface area contributed by atoms with Crippen LogP contribution in [0.3, 0.4) is 0 Å². The van der Waals surface area contributed by atoms with E-state index in [4.69, 9.17) is 16.7 Å². The van der Waals surface area contributed by atoms with E-state index in [0.717, 1.165) is 44.1 Å². The molecule has 1 amide bonds. The minimum absolute atomic E-state index is 0.121. The Balaban J connectivity index is 1.72. The predicted molar refractivity (Wildman–Crippen MR) is 88.1 cm³/mol. The van der Waals surface area contributed by atoms with Crippen molar-refractivity contribution in [2.45, 2.75) is 50.6 Å². The quantitative estimate of drug-likeness (QED) is 0.857. The fraction of sp³-hybridized carbons (Fsp3) is 0.500. The number of rotatable bonds is 4. The number of halogens is 1. The van der Waals surface area contributed by atoms with Gasteiger partial charge in [0.2, 0.25) is 0 Å². The molecule has 118 valence electrons. The number of aliphatic hydroxyl groups excluding tert-OH is 1. The fourth-order valence-corrected chi connectivity index (χ4v) is 3.43. The van der Waals surface area contributed by atoms with Crippen LogP contribution in [0.4, 0.5) is 0 Å². The van der Waals surface area contributed by atoms with Gasteiger partial charge in [0, 0.05) is 22.7 Å². The first-order valence-corrected chi connectivity index (χ1v) is 8.44. The Labute approximate surface area is 136 Å². The monoisotopic (exact) mass is 319 g/mol. The molecule has 1 aromatic rings. The largest absolute Gasteiger partial charge is 0.392 e. The van der Waals surface area contributed by atoms with Gasteiger partial charge in [-0.1, -0.05) is 23.3 Å². The van der Waals surface area contributed by atoms with Crippen molar-refractivity contribution < 1.29 is 9.90 Å². The van der Waals surface area contributed by atoms with Crippen LogP contribution in [-0.2, 0) is 0 Å². The summed E-state index contributed by atoms with van der Waals surface area (Å²) >= 11 is 5.91. The molecule has 2 saturated carbocycles. The lowest BCUT2D eigenvalue weighted by Gasteiger charge is -2.35. The topological polar surface area (TPSA) is 40.5 Å². The van der Waals surface area contributed by atoms with E-state index in [1.54, 1.807) is 12.1 Å². The van der Waals surface area contributed by atoms with Crippen molar-refractivity contribution >= 4 is 17.5 Å². The summed E-state index contributed by atoms with van der Waals surface area (Å²) in [5.74, 6) is 0.138. The molecular formula is C18H22ClNO2. The normalized spacial score (nSPS) is 21.5. The summed E-state index contributed by atoms with van der Waals surface area (Å²) < 4.78 is 0. The van der Waals surface area contributed by atoms with E-state index in [1.807, 2.05) is 18.2 Å². The van der Waals surface area contributed by atoms with Gasteiger partial charge >= 0.3 is 0 Å². The number of hydrogen-bond acceptors (Lipinski definition) is 2. The van der Waals surface area contributed by atoms with Gasteiger partial charge in [-0.25, -0.2) is 0 Å². The lowest BCUT2D eigenvalue weighted by atomic mass is 9.89. The summed E-state index contributed by atoms with van der Waals surface area (Å²) in [6.07, 6.45) is 8.14. The van der Waals surface area contributed by atoms with Gasteiger partial charge in [-0.15, -0.1) is 0 Å². The molecule has 2 aliphatic rings. The summed E-state index contributed by atoms with van der Waals surface area (Å²) in [5.41, 5.74) is 2.06. The maximum absolute atomic E-state index is 12.9. The van der Waals surface area contributed by atoms with Crippen molar-refractivity contribution in [3.05, 3.63) is 46.5 Å². The molecule has 0 heterocycles. The van der Waals surface area contributed by atoms with E-state index >= 15 is 0 Å². The van der Waals surface area contributed by atoms with Gasteiger partial charge in [-0.3, -0.25) is 4.79 Å². The van der Waals surface area contributed by atoms with Crippen molar-refractivity contribution in [2.24, 2.45) is 0 Å². The summed E-state index contributed by atoms with van der Waals surface area (Å²) in [6.45, 7) is 0.121. The van der Waals surface area contributed by atoms with Gasteiger partial charge in [0.05, 0.1) is 6.61 Å². The summed E-state index contributed by atoms with van der Waals surface area (Å²) in [5, 5.41) is 9.66. The number of hydrogen-bond donors (Lipinski definition) is 1. The van der Waals surface area contributed by atoms with Crippen LogP contribution in [0.25, 0.3) is 0 Å². The van der Waals surface area contributed by atoms with Gasteiger partial charge in [0.15, 0.2) is 0 Å². The van der Waals surface area contributed by atoms with Crippen LogP contribution in [0.1, 0.15) is 48.9 Å². The highest BCUT2D eigenvalue weighted by Crippen LogP contribution is 2.36. The number of nitrogens with zero attached hydrogens (tertiary/aromatic N) is 1. The van der Waals surface area contributed by atoms with Crippen LogP contribution in [0.5, 0.6) is 0 Å². The Morgan fingerprint density at radius 3 is 2.27 bits per heavy atom. The molecule has 1 aromatic carbocycles. The number of benzene rings is 1. The van der Waals surface area contributed by atoms with Crippen LogP contribution in [0, 0.1) is 0 Å². The predicted octanol–water partition coefficient (Wildman–Crippen LogP) is 3.81. The number of aliphatic hydroxyl groups is 1. The Morgan fingerprint density at radius 1 is 1.14 bits per heavy atom. The van der Waals surface area contributed by atoms with Gasteiger partial charge in [-0.05, 0) is 62.8 Å². The molecule has 2 aliphatic carbocycles. The van der Waals surface area contributed by atoms with Crippen molar-refractivity contribution in [1.82, 2.24) is 4.90 Å². The Hall–Kier alpha value is -1.32. The molecule has 0 spiro atoms. The molecule has 0 aliphatic heterocycles. The van der Waals surface area contributed by atoms with E-state index in [9.17, 15) is 4.79 Å². The van der Waals surface area contributed by atoms with Crippen LogP contribution < -0.4 is 0 Å². The highest BCUT2D eigenvalue weighted by molar-refractivity contribution is 6.30. The molecule has 0 saturated heterocycles. The van der Waals surface area contributed by atoms with Gasteiger partial charge in [0.1, 0.15) is 0 Å². The number of amides is 1. The van der Waals surface area contributed by atoms with Crippen LogP contribution in [0.2, 0.25) is 5.02 Å². The van der Waals surface area contributed by atoms with Crippen LogP contribution >= 0.6 is 11.6 Å². The van der Waals surface area contributed by atoms with Crippen molar-refractivity contribution in [3.63, 3.8) is 0 Å². The lowest BCUT2D eigenvalue weighted by molar-refractivity contribution is 0.0627. The molecule has 4 heteroatoms. The molecule has 2 fully saturated rings. The molecule has 0 unspecified atom stereocenters. The molecule has 22 heavy (non-hydrogen) atoms. The summed E-state index contributed by atoms with van der Waals surface area (Å²) in [6, 6.07) is 7.94. The van der Waals surface area contributed by atoms with Crippen molar-refractivity contribution in [1.29, 1.82) is 0 Å². The zero-order valence-corrected chi connectivity index (χ0v) is 13.4. The van der Waals surface area contributed by atoms with Crippen molar-refractivity contribution in [3.8, 4) is 0 Å². The molecule has 0 radical (unpaired) electrons. The average Bonchev–Trinajstić information content (AvgIpc) is 3.35. The maximum Gasteiger partial charge on any atom is 0.254 e. The third-order valence-electron chi connectivity index (χ3n) is 4.64. The molecule has 3 nitrogen and oxygen atoms in total. The van der Waals surface area contributed by atoms with Gasteiger partial charge in [-0.2, -0.15) is 0 Å². The second-order valence-corrected chi connectivity index (χ2v) is 6.66. The van der Waals surface area contributed by atoms with Crippen LogP contribution in [0.15, 0.2) is 35.9 Å². The summed E-state index contributed by atoms with van der Waals surface area (Å²) in [7, 11) is 0. The first-order chi connectivity index (χ1) is 10.7. The molecule has 0 bridgehead atoms. The third-order valence-corrected chi connectivity index (χ3v) is 4.89. The lowest BCUT2D eigenvalue weighted by Crippen LogP contribution is -2.43. The van der Waals surface area contributed by atoms with E-state index in [2.05, 4.69) is 4.90 Å². The van der Waals surface area contributed by atoms with E-state index in [0.29, 0.717) is 17.1 Å². The summed E-state index contributed by atoms with van der Waals surface area (Å²) in [4.78, 5) is 15.0. The number of carbonyl (C=O) groups excluding carboxylic acids is 1. The number of carbonyl (C=O) groups is 1. The minimum atomic E-state index is 0.121. The molecular weight excluding hydrogens is 298 g/mol. The Morgan fingerprint density at radius 2 is 1.73 bits per heavy atom. The zero-order valence-electron chi connectivity index (χ0n) is 12.7. The Bertz CT molecular complexity index is 553. The smallest absolute Gasteiger partial charge is 0.254 e. The average molecular weight is 320 g/mol. The van der Waals surface area contributed by atoms with Crippen LogP contribution in [-0.4, -0.2) is 34.6 Å². The number of allylic oxidation sites excluding steroid dienone is 1.